The minimum absolute atomic E-state index is 0.197. The number of hydrogen-bond acceptors (Lipinski definition) is 4. The minimum Gasteiger partial charge on any atom is -0.481 e. The highest BCUT2D eigenvalue weighted by molar-refractivity contribution is 5.87. The number of benzene rings is 1. The van der Waals surface area contributed by atoms with Gasteiger partial charge in [0.15, 0.2) is 0 Å². The number of rotatable bonds is 7. The van der Waals surface area contributed by atoms with Gasteiger partial charge in [-0.25, -0.2) is 4.79 Å². The first-order valence-electron chi connectivity index (χ1n) is 5.97. The molecule has 108 valence electrons. The number of hydrogen-bond donors (Lipinski definition) is 4. The molecule has 0 aliphatic rings. The van der Waals surface area contributed by atoms with E-state index in [9.17, 15) is 14.4 Å². The molecule has 0 saturated carbocycles. The smallest absolute Gasteiger partial charge is 0.326 e. The predicted molar refractivity (Wildman–Crippen MR) is 69.8 cm³/mol. The summed E-state index contributed by atoms with van der Waals surface area (Å²) >= 11 is 0. The summed E-state index contributed by atoms with van der Waals surface area (Å²) in [5.41, 5.74) is 6.27. The number of carbonyl (C=O) groups excluding carboxylic acids is 1. The standard InChI is InChI=1S/C13H16N2O5/c14-11(8-4-2-1-3-5-8)12(18)15-9(13(19)20)6-7-10(16)17/h1-5,9,11H,6-7,14H2,(H,15,18)(H,16,17)(H,19,20)/t9-,11+/m0/s1. The van der Waals surface area contributed by atoms with Crippen LogP contribution in [0.25, 0.3) is 0 Å². The van der Waals surface area contributed by atoms with Crippen molar-refractivity contribution in [3.8, 4) is 0 Å². The Balaban J connectivity index is 2.66. The van der Waals surface area contributed by atoms with Crippen molar-refractivity contribution in [1.29, 1.82) is 0 Å². The second kappa shape index (κ2) is 7.25. The van der Waals surface area contributed by atoms with Gasteiger partial charge in [0.2, 0.25) is 5.91 Å². The summed E-state index contributed by atoms with van der Waals surface area (Å²) in [4.78, 5) is 33.3. The van der Waals surface area contributed by atoms with Crippen LogP contribution in [0.2, 0.25) is 0 Å². The lowest BCUT2D eigenvalue weighted by atomic mass is 10.1. The van der Waals surface area contributed by atoms with Crippen molar-refractivity contribution >= 4 is 17.8 Å². The molecule has 0 aliphatic carbocycles. The van der Waals surface area contributed by atoms with Crippen molar-refractivity contribution < 1.29 is 24.6 Å². The van der Waals surface area contributed by atoms with Gasteiger partial charge in [0.05, 0.1) is 0 Å². The fourth-order valence-electron chi connectivity index (χ4n) is 1.60. The molecule has 2 atom stereocenters. The number of carboxylic acid groups (broad SMARTS) is 2. The van der Waals surface area contributed by atoms with Crippen LogP contribution in [0.5, 0.6) is 0 Å². The average Bonchev–Trinajstić information content (AvgIpc) is 2.42. The third-order valence-electron chi connectivity index (χ3n) is 2.70. The molecule has 1 rings (SSSR count). The first-order chi connectivity index (χ1) is 9.41. The number of carbonyl (C=O) groups is 3. The molecular weight excluding hydrogens is 264 g/mol. The number of carboxylic acids is 2. The number of aliphatic carboxylic acids is 2. The molecule has 0 bridgehead atoms. The summed E-state index contributed by atoms with van der Waals surface area (Å²) < 4.78 is 0. The van der Waals surface area contributed by atoms with Gasteiger partial charge in [0, 0.05) is 6.42 Å². The third kappa shape index (κ3) is 4.69. The maximum atomic E-state index is 11.9. The molecule has 0 spiro atoms. The van der Waals surface area contributed by atoms with Gasteiger partial charge >= 0.3 is 11.9 Å². The monoisotopic (exact) mass is 280 g/mol. The van der Waals surface area contributed by atoms with E-state index in [1.165, 1.54) is 0 Å². The topological polar surface area (TPSA) is 130 Å². The second-order valence-electron chi connectivity index (χ2n) is 4.22. The van der Waals surface area contributed by atoms with Crippen LogP contribution >= 0.6 is 0 Å². The molecule has 0 unspecified atom stereocenters. The fraction of sp³-hybridized carbons (Fsp3) is 0.308. The van der Waals surface area contributed by atoms with Crippen LogP contribution in [-0.4, -0.2) is 34.1 Å². The summed E-state index contributed by atoms with van der Waals surface area (Å²) in [6, 6.07) is 6.22. The molecule has 0 aliphatic heterocycles. The molecule has 5 N–H and O–H groups in total. The van der Waals surface area contributed by atoms with E-state index in [1.807, 2.05) is 0 Å². The van der Waals surface area contributed by atoms with Gasteiger partial charge in [-0.05, 0) is 12.0 Å². The Morgan fingerprint density at radius 3 is 2.25 bits per heavy atom. The van der Waals surface area contributed by atoms with E-state index in [2.05, 4.69) is 5.32 Å². The summed E-state index contributed by atoms with van der Waals surface area (Å²) in [5, 5.41) is 19.7. The van der Waals surface area contributed by atoms with Crippen molar-refractivity contribution in [3.63, 3.8) is 0 Å². The third-order valence-corrected chi connectivity index (χ3v) is 2.70. The van der Waals surface area contributed by atoms with E-state index in [0.717, 1.165) is 0 Å². The van der Waals surface area contributed by atoms with Crippen LogP contribution in [0.4, 0.5) is 0 Å². The Hall–Kier alpha value is -2.41. The van der Waals surface area contributed by atoms with Crippen molar-refractivity contribution in [2.24, 2.45) is 5.73 Å². The quantitative estimate of drug-likeness (QED) is 0.561. The largest absolute Gasteiger partial charge is 0.481 e. The first kappa shape index (κ1) is 15.6. The molecule has 7 nitrogen and oxygen atoms in total. The van der Waals surface area contributed by atoms with Crippen molar-refractivity contribution in [2.75, 3.05) is 0 Å². The van der Waals surface area contributed by atoms with Crippen LogP contribution in [0, 0.1) is 0 Å². The normalized spacial score (nSPS) is 13.2. The zero-order valence-electron chi connectivity index (χ0n) is 10.7. The van der Waals surface area contributed by atoms with Crippen molar-refractivity contribution in [1.82, 2.24) is 5.32 Å². The highest BCUT2D eigenvalue weighted by atomic mass is 16.4. The molecule has 0 heterocycles. The van der Waals surface area contributed by atoms with Crippen LogP contribution in [0.1, 0.15) is 24.4 Å². The van der Waals surface area contributed by atoms with Crippen molar-refractivity contribution in [2.45, 2.75) is 24.9 Å². The summed E-state index contributed by atoms with van der Waals surface area (Å²) in [5.74, 6) is -3.08. The SMILES string of the molecule is N[C@@H](C(=O)N[C@@H](CCC(=O)O)C(=O)O)c1ccccc1. The number of amides is 1. The molecule has 0 aromatic heterocycles. The summed E-state index contributed by atoms with van der Waals surface area (Å²) in [6.07, 6.45) is -0.546. The molecule has 1 aromatic carbocycles. The van der Waals surface area contributed by atoms with Crippen LogP contribution in [0.3, 0.4) is 0 Å². The lowest BCUT2D eigenvalue weighted by Gasteiger charge is -2.17. The first-order valence-corrected chi connectivity index (χ1v) is 5.97. The highest BCUT2D eigenvalue weighted by Gasteiger charge is 2.24. The summed E-state index contributed by atoms with van der Waals surface area (Å²) in [6.45, 7) is 0. The number of nitrogens with two attached hydrogens (primary N) is 1. The van der Waals surface area contributed by atoms with E-state index in [-0.39, 0.29) is 12.8 Å². The van der Waals surface area contributed by atoms with Crippen LogP contribution in [0.15, 0.2) is 30.3 Å². The van der Waals surface area contributed by atoms with Gasteiger partial charge < -0.3 is 21.3 Å². The highest BCUT2D eigenvalue weighted by Crippen LogP contribution is 2.10. The number of nitrogens with one attached hydrogen (secondary N) is 1. The van der Waals surface area contributed by atoms with Gasteiger partial charge in [0.1, 0.15) is 12.1 Å². The Morgan fingerprint density at radius 1 is 1.15 bits per heavy atom. The van der Waals surface area contributed by atoms with Gasteiger partial charge in [-0.3, -0.25) is 9.59 Å². The Labute approximate surface area is 115 Å². The second-order valence-corrected chi connectivity index (χ2v) is 4.22. The van der Waals surface area contributed by atoms with E-state index in [0.29, 0.717) is 5.56 Å². The average molecular weight is 280 g/mol. The van der Waals surface area contributed by atoms with E-state index >= 15 is 0 Å². The lowest BCUT2D eigenvalue weighted by Crippen LogP contribution is -2.45. The zero-order valence-corrected chi connectivity index (χ0v) is 10.7. The fourth-order valence-corrected chi connectivity index (χ4v) is 1.60. The van der Waals surface area contributed by atoms with Gasteiger partial charge in [-0.1, -0.05) is 30.3 Å². The van der Waals surface area contributed by atoms with E-state index in [4.69, 9.17) is 15.9 Å². The molecule has 0 fully saturated rings. The van der Waals surface area contributed by atoms with Gasteiger partial charge in [-0.15, -0.1) is 0 Å². The molecule has 1 amide bonds. The molecular formula is C13H16N2O5. The van der Waals surface area contributed by atoms with Crippen LogP contribution < -0.4 is 11.1 Å². The zero-order chi connectivity index (χ0) is 15.1. The molecule has 20 heavy (non-hydrogen) atoms. The van der Waals surface area contributed by atoms with Gasteiger partial charge in [0.25, 0.3) is 0 Å². The Morgan fingerprint density at radius 2 is 1.75 bits per heavy atom. The van der Waals surface area contributed by atoms with E-state index < -0.39 is 29.9 Å². The van der Waals surface area contributed by atoms with Gasteiger partial charge in [-0.2, -0.15) is 0 Å². The minimum atomic E-state index is -1.29. The maximum absolute atomic E-state index is 11.9. The van der Waals surface area contributed by atoms with Crippen LogP contribution in [-0.2, 0) is 14.4 Å². The molecule has 0 saturated heterocycles. The molecule has 0 radical (unpaired) electrons. The Bertz CT molecular complexity index is 489. The molecule has 7 heteroatoms. The predicted octanol–water partition coefficient (Wildman–Crippen LogP) is 0.121. The van der Waals surface area contributed by atoms with Crippen molar-refractivity contribution in [3.05, 3.63) is 35.9 Å². The van der Waals surface area contributed by atoms with E-state index in [1.54, 1.807) is 30.3 Å². The summed E-state index contributed by atoms with van der Waals surface area (Å²) in [7, 11) is 0. The Kier molecular flexibility index (Phi) is 5.67. The lowest BCUT2D eigenvalue weighted by molar-refractivity contribution is -0.143. The molecule has 1 aromatic rings. The maximum Gasteiger partial charge on any atom is 0.326 e.